The second-order valence-electron chi connectivity index (χ2n) is 11.9. The number of likely N-dealkylation sites (tertiary alicyclic amines) is 1. The van der Waals surface area contributed by atoms with Crippen LogP contribution in [0.4, 0.5) is 13.2 Å². The smallest absolute Gasteiger partial charge is 0.349 e. The van der Waals surface area contributed by atoms with Crippen LogP contribution in [0.15, 0.2) is 18.6 Å². The summed E-state index contributed by atoms with van der Waals surface area (Å²) in [5, 5.41) is 15.6. The van der Waals surface area contributed by atoms with Gasteiger partial charge in [0.15, 0.2) is 0 Å². The average Bonchev–Trinajstić information content (AvgIpc) is 3.13. The van der Waals surface area contributed by atoms with Gasteiger partial charge >= 0.3 is 12.1 Å². The van der Waals surface area contributed by atoms with E-state index >= 15 is 0 Å². The highest BCUT2D eigenvalue weighted by Crippen LogP contribution is 2.65. The van der Waals surface area contributed by atoms with Crippen molar-refractivity contribution < 1.29 is 27.6 Å². The molecule has 3 heterocycles. The highest BCUT2D eigenvalue weighted by atomic mass is 35.5. The first-order valence-corrected chi connectivity index (χ1v) is 12.8. The minimum Gasteiger partial charge on any atom is -0.349 e. The number of pyridine rings is 1. The van der Waals surface area contributed by atoms with Gasteiger partial charge in [0.25, 0.3) is 0 Å². The number of piperidine rings is 1. The number of halogens is 4. The standard InChI is InChI=1S/C26H30ClF3N6O3/c1-24(2,3)20(34-23(39)26(28,29)30)22(38)36-10-14-17(25(14,4)5)19(36)21(37)33-16(7-31)13-9-32-8-12-15(27)11-35(6)18(12)13/h8-9,11,14,16-17,19-20H,10H2,1-6H3,(H,33,37)(H,34,39)/t14-,16?,17-,19-,20+/m0/s1. The van der Waals surface area contributed by atoms with E-state index in [-0.39, 0.29) is 23.8 Å². The van der Waals surface area contributed by atoms with Gasteiger partial charge in [-0.3, -0.25) is 19.4 Å². The van der Waals surface area contributed by atoms with Crippen LogP contribution in [-0.4, -0.2) is 57.0 Å². The number of aromatic nitrogens is 2. The number of alkyl halides is 3. The highest BCUT2D eigenvalue weighted by molar-refractivity contribution is 6.35. The molecule has 1 unspecified atom stereocenters. The number of aryl methyl sites for hydroxylation is 1. The second kappa shape index (κ2) is 9.40. The molecule has 210 valence electrons. The number of nitrogens with zero attached hydrogens (tertiary/aromatic N) is 4. The van der Waals surface area contributed by atoms with Crippen LogP contribution in [0.5, 0.6) is 0 Å². The van der Waals surface area contributed by atoms with Crippen LogP contribution >= 0.6 is 11.6 Å². The molecule has 2 fully saturated rings. The van der Waals surface area contributed by atoms with Crippen molar-refractivity contribution in [1.29, 1.82) is 5.26 Å². The van der Waals surface area contributed by atoms with Gasteiger partial charge in [-0.2, -0.15) is 18.4 Å². The van der Waals surface area contributed by atoms with Crippen molar-refractivity contribution in [3.8, 4) is 6.07 Å². The van der Waals surface area contributed by atoms with Crippen LogP contribution in [0.3, 0.4) is 0 Å². The first-order valence-electron chi connectivity index (χ1n) is 12.4. The molecule has 1 saturated heterocycles. The Morgan fingerprint density at radius 2 is 1.85 bits per heavy atom. The van der Waals surface area contributed by atoms with Crippen molar-refractivity contribution in [1.82, 2.24) is 25.1 Å². The van der Waals surface area contributed by atoms with Gasteiger partial charge in [0.05, 0.1) is 16.6 Å². The number of hydrogen-bond acceptors (Lipinski definition) is 5. The molecule has 0 spiro atoms. The third-order valence-electron chi connectivity index (χ3n) is 8.00. The third-order valence-corrected chi connectivity index (χ3v) is 8.30. The Kier molecular flexibility index (Phi) is 6.91. The molecule has 9 nitrogen and oxygen atoms in total. The van der Waals surface area contributed by atoms with Gasteiger partial charge in [0.2, 0.25) is 11.8 Å². The Bertz CT molecular complexity index is 1390. The fourth-order valence-corrected chi connectivity index (χ4v) is 6.09. The Balaban J connectivity index is 1.65. The summed E-state index contributed by atoms with van der Waals surface area (Å²) in [5.74, 6) is -3.95. The van der Waals surface area contributed by atoms with Crippen molar-refractivity contribution in [3.63, 3.8) is 0 Å². The number of carbonyl (C=O) groups excluding carboxylic acids is 3. The Morgan fingerprint density at radius 1 is 1.21 bits per heavy atom. The molecular formula is C26H30ClF3N6O3. The van der Waals surface area contributed by atoms with Crippen LogP contribution < -0.4 is 10.6 Å². The van der Waals surface area contributed by atoms with Crippen LogP contribution in [0.2, 0.25) is 5.02 Å². The molecule has 0 bridgehead atoms. The Labute approximate surface area is 228 Å². The van der Waals surface area contributed by atoms with E-state index in [0.29, 0.717) is 21.5 Å². The lowest BCUT2D eigenvalue weighted by molar-refractivity contribution is -0.176. The number of amides is 3. The van der Waals surface area contributed by atoms with Gasteiger partial charge in [0.1, 0.15) is 18.1 Å². The lowest BCUT2D eigenvalue weighted by atomic mass is 9.85. The fraction of sp³-hybridized carbons (Fsp3) is 0.577. The molecule has 5 atom stereocenters. The number of rotatable bonds is 5. The third kappa shape index (κ3) is 4.93. The topological polar surface area (TPSA) is 120 Å². The van der Waals surface area contributed by atoms with Crippen molar-refractivity contribution in [3.05, 3.63) is 29.2 Å². The molecule has 0 aromatic carbocycles. The number of nitrogens with one attached hydrogen (secondary N) is 2. The van der Waals surface area contributed by atoms with Gasteiger partial charge in [-0.05, 0) is 22.7 Å². The SMILES string of the molecule is Cn1cc(Cl)c2cncc(C(C#N)NC(=O)[C@@H]3[C@@H]4[C@H](CN3C(=O)[C@@H](NC(=O)C(F)(F)F)C(C)(C)C)C4(C)C)c21. The summed E-state index contributed by atoms with van der Waals surface area (Å²) in [6, 6.07) is -1.64. The molecule has 1 aliphatic carbocycles. The van der Waals surface area contributed by atoms with Crippen LogP contribution in [0, 0.1) is 34.0 Å². The van der Waals surface area contributed by atoms with E-state index in [1.165, 1.54) is 31.9 Å². The van der Waals surface area contributed by atoms with Gasteiger partial charge in [-0.1, -0.05) is 46.2 Å². The second-order valence-corrected chi connectivity index (χ2v) is 12.4. The zero-order valence-corrected chi connectivity index (χ0v) is 23.1. The normalized spacial score (nSPS) is 23.5. The van der Waals surface area contributed by atoms with Gasteiger partial charge < -0.3 is 20.1 Å². The lowest BCUT2D eigenvalue weighted by Crippen LogP contribution is -2.60. The summed E-state index contributed by atoms with van der Waals surface area (Å²) in [6.07, 6.45) is -0.515. The van der Waals surface area contributed by atoms with E-state index in [4.69, 9.17) is 11.6 Å². The maximum atomic E-state index is 13.7. The van der Waals surface area contributed by atoms with E-state index < -0.39 is 47.4 Å². The van der Waals surface area contributed by atoms with Crippen molar-refractivity contribution >= 4 is 40.2 Å². The van der Waals surface area contributed by atoms with E-state index in [9.17, 15) is 32.8 Å². The number of carbonyl (C=O) groups is 3. The molecule has 4 rings (SSSR count). The van der Waals surface area contributed by atoms with Crippen LogP contribution in [0.1, 0.15) is 46.2 Å². The zero-order valence-electron chi connectivity index (χ0n) is 22.4. The Hall–Kier alpha value is -3.33. The highest BCUT2D eigenvalue weighted by Gasteiger charge is 2.70. The maximum Gasteiger partial charge on any atom is 0.471 e. The minimum absolute atomic E-state index is 0.0616. The van der Waals surface area contributed by atoms with Crippen molar-refractivity contribution in [2.45, 2.75) is 58.9 Å². The Morgan fingerprint density at radius 3 is 2.41 bits per heavy atom. The summed E-state index contributed by atoms with van der Waals surface area (Å²) < 4.78 is 40.9. The molecule has 2 aromatic rings. The summed E-state index contributed by atoms with van der Waals surface area (Å²) in [6.45, 7) is 8.65. The lowest BCUT2D eigenvalue weighted by Gasteiger charge is -2.37. The monoisotopic (exact) mass is 566 g/mol. The molecule has 13 heteroatoms. The van der Waals surface area contributed by atoms with Gasteiger partial charge in [-0.25, -0.2) is 0 Å². The molecule has 39 heavy (non-hydrogen) atoms. The summed E-state index contributed by atoms with van der Waals surface area (Å²) in [5.41, 5.74) is -0.358. The molecule has 2 N–H and O–H groups in total. The molecular weight excluding hydrogens is 537 g/mol. The molecule has 2 aliphatic rings. The summed E-state index contributed by atoms with van der Waals surface area (Å²) in [4.78, 5) is 44.6. The van der Waals surface area contributed by atoms with Crippen LogP contribution in [0.25, 0.3) is 10.9 Å². The minimum atomic E-state index is -5.18. The number of hydrogen-bond donors (Lipinski definition) is 2. The average molecular weight is 567 g/mol. The van der Waals surface area contributed by atoms with Crippen LogP contribution in [-0.2, 0) is 21.4 Å². The van der Waals surface area contributed by atoms with Gasteiger partial charge in [-0.15, -0.1) is 0 Å². The van der Waals surface area contributed by atoms with E-state index in [2.05, 4.69) is 16.4 Å². The number of nitriles is 1. The number of fused-ring (bicyclic) bond motifs is 2. The first-order chi connectivity index (χ1) is 17.9. The first kappa shape index (κ1) is 28.7. The molecule has 1 saturated carbocycles. The van der Waals surface area contributed by atoms with Crippen molar-refractivity contribution in [2.24, 2.45) is 29.7 Å². The van der Waals surface area contributed by atoms with E-state index in [1.807, 2.05) is 19.2 Å². The molecule has 2 aromatic heterocycles. The maximum absolute atomic E-state index is 13.7. The molecule has 1 aliphatic heterocycles. The summed E-state index contributed by atoms with van der Waals surface area (Å²) in [7, 11) is 1.74. The zero-order chi connectivity index (χ0) is 29.2. The van der Waals surface area contributed by atoms with E-state index in [0.717, 1.165) is 0 Å². The largest absolute Gasteiger partial charge is 0.471 e. The predicted octanol–water partition coefficient (Wildman–Crippen LogP) is 3.48. The van der Waals surface area contributed by atoms with Crippen molar-refractivity contribution in [2.75, 3.05) is 6.54 Å². The predicted molar refractivity (Wildman–Crippen MR) is 136 cm³/mol. The quantitative estimate of drug-likeness (QED) is 0.574. The summed E-state index contributed by atoms with van der Waals surface area (Å²) >= 11 is 6.27. The molecule has 0 radical (unpaired) electrons. The molecule has 3 amide bonds. The van der Waals surface area contributed by atoms with Gasteiger partial charge in [0, 0.05) is 43.1 Å². The van der Waals surface area contributed by atoms with E-state index in [1.54, 1.807) is 24.0 Å². The fourth-order valence-electron chi connectivity index (χ4n) is 5.80.